The maximum absolute atomic E-state index is 13.5. The van der Waals surface area contributed by atoms with Crippen LogP contribution in [0, 0.1) is 0 Å². The van der Waals surface area contributed by atoms with Gasteiger partial charge in [0.25, 0.3) is 15.9 Å². The van der Waals surface area contributed by atoms with E-state index in [1.807, 2.05) is 13.0 Å². The summed E-state index contributed by atoms with van der Waals surface area (Å²) >= 11 is 6.16. The molecular formula is C26H25ClN2O4S. The number of hydrogen-bond donors (Lipinski definition) is 1. The predicted octanol–water partition coefficient (Wildman–Crippen LogP) is 4.66. The van der Waals surface area contributed by atoms with Crippen LogP contribution in [0.25, 0.3) is 0 Å². The zero-order chi connectivity index (χ0) is 23.9. The van der Waals surface area contributed by atoms with Crippen molar-refractivity contribution in [1.29, 1.82) is 0 Å². The number of anilines is 1. The first-order valence-corrected chi connectivity index (χ1v) is 13.1. The average Bonchev–Trinajstić information content (AvgIpc) is 3.31. The van der Waals surface area contributed by atoms with Crippen LogP contribution in [0.2, 0.25) is 5.02 Å². The molecule has 176 valence electrons. The van der Waals surface area contributed by atoms with E-state index < -0.39 is 16.1 Å². The first-order chi connectivity index (χ1) is 16.3. The summed E-state index contributed by atoms with van der Waals surface area (Å²) in [5, 5.41) is 3.38. The molecule has 0 fully saturated rings. The highest BCUT2D eigenvalue weighted by molar-refractivity contribution is 7.92. The number of benzene rings is 3. The molecule has 0 saturated heterocycles. The van der Waals surface area contributed by atoms with E-state index in [0.29, 0.717) is 16.5 Å². The monoisotopic (exact) mass is 496 g/mol. The molecule has 0 spiro atoms. The number of nitrogens with one attached hydrogen (secondary N) is 1. The summed E-state index contributed by atoms with van der Waals surface area (Å²) in [4.78, 5) is 13.4. The van der Waals surface area contributed by atoms with Crippen molar-refractivity contribution >= 4 is 33.2 Å². The zero-order valence-corrected chi connectivity index (χ0v) is 20.3. The molecule has 0 bridgehead atoms. The summed E-state index contributed by atoms with van der Waals surface area (Å²) in [6.45, 7) is 1.76. The molecule has 0 aromatic heterocycles. The molecule has 1 aliphatic carbocycles. The Morgan fingerprint density at radius 1 is 1.06 bits per heavy atom. The third-order valence-electron chi connectivity index (χ3n) is 6.40. The summed E-state index contributed by atoms with van der Waals surface area (Å²) in [7, 11) is -3.93. The number of sulfonamides is 1. The minimum atomic E-state index is -3.93. The molecule has 1 heterocycles. The van der Waals surface area contributed by atoms with Crippen LogP contribution in [0.5, 0.6) is 5.75 Å². The largest absolute Gasteiger partial charge is 0.476 e. The van der Waals surface area contributed by atoms with Gasteiger partial charge in [-0.3, -0.25) is 9.10 Å². The number of ether oxygens (including phenoxy) is 1. The van der Waals surface area contributed by atoms with Crippen LogP contribution < -0.4 is 14.4 Å². The average molecular weight is 497 g/mol. The quantitative estimate of drug-likeness (QED) is 0.557. The Morgan fingerprint density at radius 3 is 2.62 bits per heavy atom. The summed E-state index contributed by atoms with van der Waals surface area (Å²) < 4.78 is 34.1. The molecule has 1 N–H and O–H groups in total. The molecule has 2 atom stereocenters. The molecule has 0 unspecified atom stereocenters. The van der Waals surface area contributed by atoms with Crippen LogP contribution in [0.1, 0.15) is 36.1 Å². The highest BCUT2D eigenvalue weighted by Crippen LogP contribution is 2.39. The smallest absolute Gasteiger partial charge is 0.264 e. The van der Waals surface area contributed by atoms with E-state index >= 15 is 0 Å². The number of carbonyl (C=O) groups is 1. The summed E-state index contributed by atoms with van der Waals surface area (Å²) in [5.41, 5.74) is 4.03. The zero-order valence-electron chi connectivity index (χ0n) is 18.7. The Labute approximate surface area is 204 Å². The van der Waals surface area contributed by atoms with Gasteiger partial charge < -0.3 is 10.1 Å². The van der Waals surface area contributed by atoms with Crippen molar-refractivity contribution in [3.8, 4) is 5.75 Å². The lowest BCUT2D eigenvalue weighted by atomic mass is 10.0. The predicted molar refractivity (Wildman–Crippen MR) is 132 cm³/mol. The first-order valence-electron chi connectivity index (χ1n) is 11.3. The van der Waals surface area contributed by atoms with Gasteiger partial charge in [-0.25, -0.2) is 8.42 Å². The Bertz CT molecular complexity index is 1340. The molecule has 3 aromatic carbocycles. The lowest BCUT2D eigenvalue weighted by Gasteiger charge is -2.35. The molecule has 0 saturated carbocycles. The van der Waals surface area contributed by atoms with E-state index in [4.69, 9.17) is 16.3 Å². The second-order valence-corrected chi connectivity index (χ2v) is 11.0. The molecular weight excluding hydrogens is 472 g/mol. The van der Waals surface area contributed by atoms with Gasteiger partial charge in [0.15, 0.2) is 6.10 Å². The fraction of sp³-hybridized carbons (Fsp3) is 0.269. The number of hydrogen-bond acceptors (Lipinski definition) is 4. The van der Waals surface area contributed by atoms with E-state index in [9.17, 15) is 13.2 Å². The van der Waals surface area contributed by atoms with Crippen molar-refractivity contribution in [2.75, 3.05) is 10.8 Å². The van der Waals surface area contributed by atoms with Crippen LogP contribution in [0.3, 0.4) is 0 Å². The van der Waals surface area contributed by atoms with Crippen molar-refractivity contribution < 1.29 is 17.9 Å². The number of amides is 1. The van der Waals surface area contributed by atoms with Crippen LogP contribution in [-0.2, 0) is 27.7 Å². The molecule has 0 radical (unpaired) electrons. The molecule has 1 amide bonds. The minimum absolute atomic E-state index is 0.133. The third-order valence-corrected chi connectivity index (χ3v) is 8.42. The highest BCUT2D eigenvalue weighted by atomic mass is 35.5. The van der Waals surface area contributed by atoms with Crippen LogP contribution in [0.15, 0.2) is 71.6 Å². The van der Waals surface area contributed by atoms with E-state index in [-0.39, 0.29) is 23.4 Å². The van der Waals surface area contributed by atoms with Crippen molar-refractivity contribution in [2.24, 2.45) is 0 Å². The fourth-order valence-electron chi connectivity index (χ4n) is 4.56. The number of rotatable bonds is 5. The molecule has 3 aromatic rings. The van der Waals surface area contributed by atoms with E-state index in [0.717, 1.165) is 24.8 Å². The number of aryl methyl sites for hydroxylation is 2. The number of carbonyl (C=O) groups excluding carboxylic acids is 1. The van der Waals surface area contributed by atoms with Gasteiger partial charge in [0.1, 0.15) is 5.75 Å². The van der Waals surface area contributed by atoms with Crippen molar-refractivity contribution in [3.05, 3.63) is 88.4 Å². The van der Waals surface area contributed by atoms with Gasteiger partial charge in [0.2, 0.25) is 0 Å². The van der Waals surface area contributed by atoms with E-state index in [1.165, 1.54) is 27.6 Å². The topological polar surface area (TPSA) is 75.7 Å². The Morgan fingerprint density at radius 2 is 1.82 bits per heavy atom. The lowest BCUT2D eigenvalue weighted by Crippen LogP contribution is -2.51. The summed E-state index contributed by atoms with van der Waals surface area (Å²) in [6.07, 6.45) is 2.30. The van der Waals surface area contributed by atoms with Gasteiger partial charge in [-0.15, -0.1) is 0 Å². The molecule has 34 heavy (non-hydrogen) atoms. The van der Waals surface area contributed by atoms with Crippen molar-refractivity contribution in [2.45, 2.75) is 43.2 Å². The number of halogens is 1. The van der Waals surface area contributed by atoms with Crippen molar-refractivity contribution in [1.82, 2.24) is 5.32 Å². The molecule has 2 aliphatic rings. The van der Waals surface area contributed by atoms with Gasteiger partial charge in [-0.2, -0.15) is 0 Å². The maximum Gasteiger partial charge on any atom is 0.264 e. The summed E-state index contributed by atoms with van der Waals surface area (Å²) in [6, 6.07) is 19.0. The molecule has 5 rings (SSSR count). The Balaban J connectivity index is 1.41. The van der Waals surface area contributed by atoms with Gasteiger partial charge in [-0.05, 0) is 73.2 Å². The Kier molecular flexibility index (Phi) is 6.00. The number of fused-ring (bicyclic) bond motifs is 2. The number of nitrogens with zero attached hydrogens (tertiary/aromatic N) is 1. The SMILES string of the molecule is C[C@H](NC(=O)[C@@H]1CN(S(=O)(=O)c2ccccc2)c2cc(Cl)ccc2O1)c1ccc2c(c1)CCC2. The van der Waals surface area contributed by atoms with Crippen LogP contribution in [-0.4, -0.2) is 27.0 Å². The lowest BCUT2D eigenvalue weighted by molar-refractivity contribution is -0.128. The molecule has 1 aliphatic heterocycles. The second kappa shape index (κ2) is 8.96. The standard InChI is InChI=1S/C26H25ClN2O4S/c1-17(19-11-10-18-6-5-7-20(18)14-19)28-26(30)25-16-29(23-15-21(27)12-13-24(23)33-25)34(31,32)22-8-3-2-4-9-22/h2-4,8-15,17,25H,5-7,16H2,1H3,(H,28,30)/t17-,25-/m0/s1. The summed E-state index contributed by atoms with van der Waals surface area (Å²) in [5.74, 6) is -0.0812. The van der Waals surface area contributed by atoms with Gasteiger partial charge in [-0.1, -0.05) is 48.0 Å². The van der Waals surface area contributed by atoms with Gasteiger partial charge in [0, 0.05) is 5.02 Å². The van der Waals surface area contributed by atoms with E-state index in [1.54, 1.807) is 36.4 Å². The van der Waals surface area contributed by atoms with Crippen LogP contribution in [0.4, 0.5) is 5.69 Å². The Hall–Kier alpha value is -3.03. The normalized spacial score (nSPS) is 17.9. The first kappa shape index (κ1) is 22.7. The second-order valence-electron chi connectivity index (χ2n) is 8.68. The highest BCUT2D eigenvalue weighted by Gasteiger charge is 2.38. The van der Waals surface area contributed by atoms with Gasteiger partial charge in [0.05, 0.1) is 23.2 Å². The minimum Gasteiger partial charge on any atom is -0.476 e. The van der Waals surface area contributed by atoms with Crippen LogP contribution >= 0.6 is 11.6 Å². The van der Waals surface area contributed by atoms with E-state index in [2.05, 4.69) is 17.4 Å². The fourth-order valence-corrected chi connectivity index (χ4v) is 6.21. The van der Waals surface area contributed by atoms with Crippen molar-refractivity contribution in [3.63, 3.8) is 0 Å². The molecule has 6 nitrogen and oxygen atoms in total. The molecule has 8 heteroatoms. The maximum atomic E-state index is 13.5. The van der Waals surface area contributed by atoms with Gasteiger partial charge >= 0.3 is 0 Å². The third kappa shape index (κ3) is 4.26.